The molecule has 3 aromatic carbocycles. The number of alkyl halides is 3. The summed E-state index contributed by atoms with van der Waals surface area (Å²) >= 11 is 0. The van der Waals surface area contributed by atoms with Gasteiger partial charge in [0.1, 0.15) is 0 Å². The number of morpholine rings is 1. The van der Waals surface area contributed by atoms with E-state index in [4.69, 9.17) is 9.47 Å². The lowest BCUT2D eigenvalue weighted by molar-refractivity contribution is -0.137. The number of hydrogen-bond acceptors (Lipinski definition) is 7. The molecule has 46 heavy (non-hydrogen) atoms. The molecule has 0 bridgehead atoms. The SMILES string of the molecule is COC(=O)c1ccc2c(c1)NC(=O)/C2=C(\Nc1ccc2c(c1)CCN2C(=O)CN1CC(C)OC(C)C1)c1ccc(C(F)(F)F)cc1. The summed E-state index contributed by atoms with van der Waals surface area (Å²) in [6, 6.07) is 14.7. The number of esters is 1. The summed E-state index contributed by atoms with van der Waals surface area (Å²) in [4.78, 5) is 42.6. The van der Waals surface area contributed by atoms with Crippen molar-refractivity contribution in [3.05, 3.63) is 88.5 Å². The van der Waals surface area contributed by atoms with Gasteiger partial charge in [-0.25, -0.2) is 4.79 Å². The molecule has 6 rings (SSSR count). The number of benzene rings is 3. The van der Waals surface area contributed by atoms with Gasteiger partial charge in [-0.15, -0.1) is 0 Å². The minimum atomic E-state index is -4.53. The van der Waals surface area contributed by atoms with Crippen LogP contribution in [0.25, 0.3) is 11.3 Å². The zero-order chi connectivity index (χ0) is 32.7. The van der Waals surface area contributed by atoms with Crippen LogP contribution in [0.1, 0.15) is 46.5 Å². The van der Waals surface area contributed by atoms with Gasteiger partial charge < -0.3 is 25.0 Å². The van der Waals surface area contributed by atoms with E-state index >= 15 is 0 Å². The average Bonchev–Trinajstić information content (AvgIpc) is 3.58. The van der Waals surface area contributed by atoms with Gasteiger partial charge in [0.2, 0.25) is 5.91 Å². The van der Waals surface area contributed by atoms with Crippen LogP contribution in [0, 0.1) is 0 Å². The molecule has 2 amide bonds. The molecule has 9 nitrogen and oxygen atoms in total. The fourth-order valence-electron chi connectivity index (χ4n) is 6.34. The minimum absolute atomic E-state index is 0.00104. The molecule has 1 fully saturated rings. The third-order valence-electron chi connectivity index (χ3n) is 8.34. The number of halogens is 3. The van der Waals surface area contributed by atoms with E-state index in [1.165, 1.54) is 31.4 Å². The molecule has 2 atom stereocenters. The second-order valence-electron chi connectivity index (χ2n) is 11.7. The van der Waals surface area contributed by atoms with E-state index < -0.39 is 23.6 Å². The largest absolute Gasteiger partial charge is 0.465 e. The normalized spacial score (nSPS) is 20.6. The van der Waals surface area contributed by atoms with E-state index in [0.717, 1.165) is 23.4 Å². The number of nitrogens with zero attached hydrogens (tertiary/aromatic N) is 2. The van der Waals surface area contributed by atoms with Crippen LogP contribution in [-0.4, -0.2) is 68.2 Å². The molecule has 3 aliphatic heterocycles. The van der Waals surface area contributed by atoms with E-state index in [1.54, 1.807) is 17.0 Å². The second-order valence-corrected chi connectivity index (χ2v) is 11.7. The minimum Gasteiger partial charge on any atom is -0.465 e. The van der Waals surface area contributed by atoms with Crippen LogP contribution in [0.4, 0.5) is 30.2 Å². The van der Waals surface area contributed by atoms with E-state index in [1.807, 2.05) is 26.0 Å². The smallest absolute Gasteiger partial charge is 0.416 e. The van der Waals surface area contributed by atoms with Crippen LogP contribution in [0.5, 0.6) is 0 Å². The molecule has 3 heterocycles. The summed E-state index contributed by atoms with van der Waals surface area (Å²) in [5, 5.41) is 6.04. The highest BCUT2D eigenvalue weighted by Gasteiger charge is 2.33. The first-order valence-electron chi connectivity index (χ1n) is 15.0. The van der Waals surface area contributed by atoms with Crippen LogP contribution in [0.15, 0.2) is 60.7 Å². The number of nitrogens with one attached hydrogen (secondary N) is 2. The Morgan fingerprint density at radius 3 is 2.37 bits per heavy atom. The monoisotopic (exact) mass is 634 g/mol. The Hall–Kier alpha value is -4.68. The number of carbonyl (C=O) groups is 3. The number of rotatable bonds is 6. The highest BCUT2D eigenvalue weighted by molar-refractivity contribution is 6.37. The molecule has 2 N–H and O–H groups in total. The van der Waals surface area contributed by atoms with E-state index in [2.05, 4.69) is 15.5 Å². The number of fused-ring (bicyclic) bond motifs is 2. The van der Waals surface area contributed by atoms with Crippen molar-refractivity contribution in [1.82, 2.24) is 4.90 Å². The number of hydrogen-bond donors (Lipinski definition) is 2. The summed E-state index contributed by atoms with van der Waals surface area (Å²) in [6.45, 7) is 6.17. The predicted octanol–water partition coefficient (Wildman–Crippen LogP) is 5.42. The van der Waals surface area contributed by atoms with Crippen molar-refractivity contribution in [2.45, 2.75) is 38.7 Å². The Bertz CT molecular complexity index is 1730. The molecule has 12 heteroatoms. The molecule has 0 spiro atoms. The fraction of sp³-hybridized carbons (Fsp3) is 0.324. The van der Waals surface area contributed by atoms with Gasteiger partial charge in [-0.3, -0.25) is 14.5 Å². The Morgan fingerprint density at radius 2 is 1.70 bits per heavy atom. The van der Waals surface area contributed by atoms with Gasteiger partial charge in [-0.05, 0) is 73.9 Å². The summed E-state index contributed by atoms with van der Waals surface area (Å²) in [5.74, 6) is -1.06. The molecule has 0 radical (unpaired) electrons. The number of ether oxygens (including phenoxy) is 2. The summed E-state index contributed by atoms with van der Waals surface area (Å²) in [7, 11) is 1.25. The first kappa shape index (κ1) is 31.3. The topological polar surface area (TPSA) is 100 Å². The molecular formula is C34H33F3N4O5. The van der Waals surface area contributed by atoms with Crippen LogP contribution in [-0.2, 0) is 31.7 Å². The molecular weight excluding hydrogens is 601 g/mol. The maximum absolute atomic E-state index is 13.4. The van der Waals surface area contributed by atoms with Crippen molar-refractivity contribution in [2.24, 2.45) is 0 Å². The number of anilines is 3. The Labute approximate surface area is 264 Å². The predicted molar refractivity (Wildman–Crippen MR) is 167 cm³/mol. The van der Waals surface area contributed by atoms with Gasteiger partial charge in [-0.2, -0.15) is 13.2 Å². The van der Waals surface area contributed by atoms with Crippen molar-refractivity contribution in [3.63, 3.8) is 0 Å². The standard InChI is InChI=1S/C34H33F3N4O5/c1-19-16-40(17-20(2)46-19)18-29(42)41-13-12-22-14-25(9-11-28(22)41)38-31(21-4-7-24(8-5-21)34(35,36)37)30-26-10-6-23(33(44)45-3)15-27(26)39-32(30)43/h4-11,14-15,19-20,38H,12-13,16-18H2,1-3H3,(H,39,43)/b31-30-. The average molecular weight is 635 g/mol. The number of methoxy groups -OCH3 is 1. The third kappa shape index (κ3) is 6.22. The van der Waals surface area contributed by atoms with Gasteiger partial charge in [-0.1, -0.05) is 18.2 Å². The highest BCUT2D eigenvalue weighted by atomic mass is 19.4. The van der Waals surface area contributed by atoms with Crippen molar-refractivity contribution in [2.75, 3.05) is 48.8 Å². The van der Waals surface area contributed by atoms with Crippen molar-refractivity contribution >= 4 is 46.1 Å². The molecule has 0 aliphatic carbocycles. The van der Waals surface area contributed by atoms with Gasteiger partial charge >= 0.3 is 12.1 Å². The van der Waals surface area contributed by atoms with E-state index in [0.29, 0.717) is 48.6 Å². The second kappa shape index (κ2) is 12.3. The Balaban J connectivity index is 1.32. The van der Waals surface area contributed by atoms with Crippen LogP contribution >= 0.6 is 0 Å². The van der Waals surface area contributed by atoms with Gasteiger partial charge in [0, 0.05) is 36.6 Å². The molecule has 2 unspecified atom stereocenters. The first-order valence-corrected chi connectivity index (χ1v) is 15.0. The quantitative estimate of drug-likeness (QED) is 0.276. The first-order chi connectivity index (χ1) is 21.9. The maximum atomic E-state index is 13.4. The molecule has 0 saturated carbocycles. The third-order valence-corrected chi connectivity index (χ3v) is 8.34. The van der Waals surface area contributed by atoms with Crippen molar-refractivity contribution in [3.8, 4) is 0 Å². The summed E-state index contributed by atoms with van der Waals surface area (Å²) in [6.07, 6.45) is -3.80. The number of amides is 2. The van der Waals surface area contributed by atoms with Crippen molar-refractivity contribution in [1.29, 1.82) is 0 Å². The van der Waals surface area contributed by atoms with Gasteiger partial charge in [0.15, 0.2) is 0 Å². The van der Waals surface area contributed by atoms with Crippen molar-refractivity contribution < 1.29 is 37.0 Å². The maximum Gasteiger partial charge on any atom is 0.416 e. The van der Waals surface area contributed by atoms with E-state index in [9.17, 15) is 27.6 Å². The molecule has 240 valence electrons. The Kier molecular flexibility index (Phi) is 8.34. The van der Waals surface area contributed by atoms with Crippen LogP contribution < -0.4 is 15.5 Å². The van der Waals surface area contributed by atoms with Gasteiger partial charge in [0.25, 0.3) is 5.91 Å². The van der Waals surface area contributed by atoms with E-state index in [-0.39, 0.29) is 41.5 Å². The lowest BCUT2D eigenvalue weighted by Gasteiger charge is -2.35. The molecule has 3 aromatic rings. The zero-order valence-corrected chi connectivity index (χ0v) is 25.5. The van der Waals surface area contributed by atoms with Gasteiger partial charge in [0.05, 0.1) is 53.9 Å². The molecule has 0 aromatic heterocycles. The molecule has 1 saturated heterocycles. The highest BCUT2D eigenvalue weighted by Crippen LogP contribution is 2.40. The Morgan fingerprint density at radius 1 is 1.00 bits per heavy atom. The molecule has 3 aliphatic rings. The lowest BCUT2D eigenvalue weighted by atomic mass is 9.98. The summed E-state index contributed by atoms with van der Waals surface area (Å²) < 4.78 is 50.7. The van der Waals surface area contributed by atoms with Crippen LogP contribution in [0.2, 0.25) is 0 Å². The lowest BCUT2D eigenvalue weighted by Crippen LogP contribution is -2.49. The summed E-state index contributed by atoms with van der Waals surface area (Å²) in [5.41, 5.74) is 3.45. The van der Waals surface area contributed by atoms with Crippen LogP contribution in [0.3, 0.4) is 0 Å². The number of carbonyl (C=O) groups excluding carboxylic acids is 3. The zero-order valence-electron chi connectivity index (χ0n) is 25.5. The fourth-order valence-corrected chi connectivity index (χ4v) is 6.34.